The third-order valence-electron chi connectivity index (χ3n) is 3.95. The van der Waals surface area contributed by atoms with Crippen LogP contribution >= 0.6 is 24.8 Å². The molecule has 0 aromatic rings. The highest BCUT2D eigenvalue weighted by Gasteiger charge is 2.29. The zero-order valence-electron chi connectivity index (χ0n) is 19.0. The Labute approximate surface area is 212 Å². The zero-order valence-corrected chi connectivity index (χ0v) is 20.7. The number of thiol groups is 1. The van der Waals surface area contributed by atoms with Crippen LogP contribution in [0.15, 0.2) is 17.1 Å². The minimum atomic E-state index is -1.09. The Hall–Kier alpha value is -2.72. The zero-order chi connectivity index (χ0) is 26.9. The molecule has 1 heterocycles. The van der Waals surface area contributed by atoms with Crippen molar-refractivity contribution in [3.63, 3.8) is 0 Å². The number of carbonyl (C=O) groups excluding carboxylic acids is 3. The Kier molecular flexibility index (Phi) is 16.3. The van der Waals surface area contributed by atoms with Gasteiger partial charge in [-0.3, -0.25) is 24.1 Å². The SMILES string of the molecule is CC(COCN=C=S)(COCC(=O)O)COCN1C(=O)C=CC1=O.NCN(CC(=O)O)C(=O)CS. The molecule has 1 atom stereocenters. The first-order valence-corrected chi connectivity index (χ1v) is 10.9. The fourth-order valence-corrected chi connectivity index (χ4v) is 2.59. The summed E-state index contributed by atoms with van der Waals surface area (Å²) in [6, 6.07) is 0. The number of aliphatic imine (C=N–C) groups is 1. The predicted octanol–water partition coefficient (Wildman–Crippen LogP) is -1.18. The second-order valence-electron chi connectivity index (χ2n) is 7.17. The molecule has 0 radical (unpaired) electrons. The minimum Gasteiger partial charge on any atom is -0.480 e. The Balaban J connectivity index is 0.000000883. The van der Waals surface area contributed by atoms with E-state index in [9.17, 15) is 24.0 Å². The lowest BCUT2D eigenvalue weighted by Crippen LogP contribution is -2.40. The number of ether oxygens (including phenoxy) is 3. The van der Waals surface area contributed by atoms with Gasteiger partial charge in [0.25, 0.3) is 11.8 Å². The van der Waals surface area contributed by atoms with Gasteiger partial charge >= 0.3 is 11.9 Å². The highest BCUT2D eigenvalue weighted by Crippen LogP contribution is 2.19. The van der Waals surface area contributed by atoms with Crippen LogP contribution in [0.3, 0.4) is 0 Å². The van der Waals surface area contributed by atoms with Gasteiger partial charge in [-0.25, -0.2) is 9.79 Å². The van der Waals surface area contributed by atoms with Crippen molar-refractivity contribution < 1.29 is 48.4 Å². The van der Waals surface area contributed by atoms with E-state index in [0.717, 1.165) is 22.0 Å². The first kappa shape index (κ1) is 32.3. The maximum absolute atomic E-state index is 11.4. The maximum Gasteiger partial charge on any atom is 0.329 e. The molecule has 0 aliphatic carbocycles. The summed E-state index contributed by atoms with van der Waals surface area (Å²) < 4.78 is 15.8. The van der Waals surface area contributed by atoms with Crippen molar-refractivity contribution in [3.05, 3.63) is 12.2 Å². The van der Waals surface area contributed by atoms with E-state index in [-0.39, 0.29) is 58.2 Å². The van der Waals surface area contributed by atoms with E-state index in [0.29, 0.717) is 0 Å². The van der Waals surface area contributed by atoms with Crippen LogP contribution in [0, 0.1) is 5.41 Å². The number of aliphatic carboxylic acids is 2. The molecular formula is C19H28N4O10S2. The van der Waals surface area contributed by atoms with Crippen molar-refractivity contribution in [1.29, 1.82) is 0 Å². The minimum absolute atomic E-state index is 0.00500. The number of imide groups is 1. The number of carboxylic acids is 2. The van der Waals surface area contributed by atoms with Gasteiger partial charge in [0.05, 0.1) is 37.4 Å². The lowest BCUT2D eigenvalue weighted by Gasteiger charge is -2.29. The van der Waals surface area contributed by atoms with Gasteiger partial charge in [-0.05, 0) is 12.2 Å². The highest BCUT2D eigenvalue weighted by atomic mass is 32.1. The van der Waals surface area contributed by atoms with Crippen molar-refractivity contribution in [2.45, 2.75) is 6.92 Å². The van der Waals surface area contributed by atoms with E-state index in [1.165, 1.54) is 0 Å². The van der Waals surface area contributed by atoms with E-state index in [2.05, 4.69) is 35.0 Å². The van der Waals surface area contributed by atoms with Gasteiger partial charge < -0.3 is 35.1 Å². The Morgan fingerprint density at radius 3 is 2.20 bits per heavy atom. The second-order valence-corrected chi connectivity index (χ2v) is 7.66. The number of carbonyl (C=O) groups is 5. The molecule has 196 valence electrons. The van der Waals surface area contributed by atoms with E-state index < -0.39 is 35.8 Å². The number of nitrogens with two attached hydrogens (primary N) is 1. The molecule has 16 heteroatoms. The standard InChI is InChI=1S/C14H18N2O7S.C5H10N2O3S/c1-14(5-21-4-13(19)20,6-22-8-15-9-24)7-23-10-16-11(17)2-3-12(16)18;6-3-7(1-5(9)10)4(8)2-11/h2-3H,4-8,10H2,1H3,(H,19,20);11H,1-3,6H2,(H,9,10). The molecule has 0 spiro atoms. The molecule has 1 aliphatic heterocycles. The Morgan fingerprint density at radius 2 is 1.71 bits per heavy atom. The van der Waals surface area contributed by atoms with E-state index >= 15 is 0 Å². The van der Waals surface area contributed by atoms with Gasteiger partial charge in [-0.2, -0.15) is 12.6 Å². The topological polar surface area (TPSA) is 198 Å². The fourth-order valence-electron chi connectivity index (χ4n) is 2.33. The van der Waals surface area contributed by atoms with Crippen LogP contribution in [-0.4, -0.2) is 114 Å². The third kappa shape index (κ3) is 14.3. The molecule has 0 saturated heterocycles. The molecule has 1 unspecified atom stereocenters. The van der Waals surface area contributed by atoms with Gasteiger partial charge in [-0.1, -0.05) is 6.92 Å². The first-order chi connectivity index (χ1) is 16.5. The van der Waals surface area contributed by atoms with Crippen LogP contribution in [0.4, 0.5) is 0 Å². The quantitative estimate of drug-likeness (QED) is 0.0460. The van der Waals surface area contributed by atoms with Crippen LogP contribution < -0.4 is 5.73 Å². The number of isothiocyanates is 1. The molecule has 3 amide bonds. The van der Waals surface area contributed by atoms with Crippen LogP contribution in [0.1, 0.15) is 6.92 Å². The first-order valence-electron chi connectivity index (χ1n) is 9.82. The number of rotatable bonds is 16. The number of hydrogen-bond acceptors (Lipinski definition) is 12. The average Bonchev–Trinajstić information content (AvgIpc) is 3.12. The van der Waals surface area contributed by atoms with Crippen LogP contribution in [0.5, 0.6) is 0 Å². The molecule has 0 fully saturated rings. The van der Waals surface area contributed by atoms with Gasteiger partial charge in [0.2, 0.25) is 5.91 Å². The predicted molar refractivity (Wildman–Crippen MR) is 126 cm³/mol. The van der Waals surface area contributed by atoms with Crippen molar-refractivity contribution >= 4 is 59.7 Å². The largest absolute Gasteiger partial charge is 0.480 e. The van der Waals surface area contributed by atoms with Crippen molar-refractivity contribution in [3.8, 4) is 0 Å². The molecule has 1 aliphatic rings. The van der Waals surface area contributed by atoms with Crippen molar-refractivity contribution in [2.75, 3.05) is 58.9 Å². The Bertz CT molecular complexity index is 806. The summed E-state index contributed by atoms with van der Waals surface area (Å²) in [4.78, 5) is 59.8. The third-order valence-corrected chi connectivity index (χ3v) is 4.35. The number of thiocarbonyl (C=S) groups is 1. The lowest BCUT2D eigenvalue weighted by molar-refractivity contribution is -0.150. The van der Waals surface area contributed by atoms with Crippen molar-refractivity contribution in [1.82, 2.24) is 9.80 Å². The summed E-state index contributed by atoms with van der Waals surface area (Å²) in [6.45, 7) is 0.894. The molecule has 35 heavy (non-hydrogen) atoms. The molecular weight excluding hydrogens is 508 g/mol. The molecule has 0 saturated carbocycles. The van der Waals surface area contributed by atoms with Gasteiger partial charge in [-0.15, -0.1) is 0 Å². The smallest absolute Gasteiger partial charge is 0.329 e. The van der Waals surface area contributed by atoms with Gasteiger partial charge in [0.15, 0.2) is 0 Å². The maximum atomic E-state index is 11.4. The Morgan fingerprint density at radius 1 is 1.14 bits per heavy atom. The van der Waals surface area contributed by atoms with Crippen molar-refractivity contribution in [2.24, 2.45) is 16.1 Å². The summed E-state index contributed by atoms with van der Waals surface area (Å²) in [5.41, 5.74) is 4.40. The summed E-state index contributed by atoms with van der Waals surface area (Å²) in [5, 5.41) is 19.1. The second kappa shape index (κ2) is 17.7. The number of amides is 3. The molecule has 0 aromatic carbocycles. The van der Waals surface area contributed by atoms with Crippen LogP contribution in [0.25, 0.3) is 0 Å². The summed E-state index contributed by atoms with van der Waals surface area (Å²) in [5.74, 6) is -3.47. The highest BCUT2D eigenvalue weighted by molar-refractivity contribution is 7.81. The van der Waals surface area contributed by atoms with Gasteiger partial charge in [0.1, 0.15) is 26.6 Å². The van der Waals surface area contributed by atoms with Crippen LogP contribution in [0.2, 0.25) is 0 Å². The van der Waals surface area contributed by atoms with E-state index in [1.54, 1.807) is 6.92 Å². The molecule has 1 rings (SSSR count). The molecule has 0 bridgehead atoms. The average molecular weight is 537 g/mol. The lowest BCUT2D eigenvalue weighted by atomic mass is 9.94. The van der Waals surface area contributed by atoms with E-state index in [4.69, 9.17) is 30.2 Å². The van der Waals surface area contributed by atoms with E-state index in [1.807, 2.05) is 0 Å². The number of hydrogen-bond donors (Lipinski definition) is 4. The number of carboxylic acid groups (broad SMARTS) is 2. The fraction of sp³-hybridized carbons (Fsp3) is 0.579. The van der Waals surface area contributed by atoms with Gasteiger partial charge in [0, 0.05) is 17.6 Å². The number of nitrogens with zero attached hydrogens (tertiary/aromatic N) is 3. The molecule has 4 N–H and O–H groups in total. The monoisotopic (exact) mass is 536 g/mol. The summed E-state index contributed by atoms with van der Waals surface area (Å²) in [7, 11) is 0. The molecule has 0 aromatic heterocycles. The van der Waals surface area contributed by atoms with Crippen LogP contribution in [-0.2, 0) is 38.2 Å². The molecule has 14 nitrogen and oxygen atoms in total. The summed E-state index contributed by atoms with van der Waals surface area (Å²) >= 11 is 8.12. The normalized spacial score (nSPS) is 14.0. The summed E-state index contributed by atoms with van der Waals surface area (Å²) in [6.07, 6.45) is 2.32.